The Morgan fingerprint density at radius 2 is 1.72 bits per heavy atom. The molecule has 0 aromatic heterocycles. The van der Waals surface area contributed by atoms with E-state index in [1.165, 1.54) is 22.4 Å². The summed E-state index contributed by atoms with van der Waals surface area (Å²) in [4.78, 5) is 13.4. The Bertz CT molecular complexity index is 861. The molecule has 1 saturated heterocycles. The normalized spacial score (nSPS) is 22.9. The van der Waals surface area contributed by atoms with Crippen LogP contribution in [0.15, 0.2) is 42.5 Å². The van der Waals surface area contributed by atoms with Gasteiger partial charge in [-0.05, 0) is 86.4 Å². The van der Waals surface area contributed by atoms with Gasteiger partial charge in [-0.3, -0.25) is 0 Å². The molecule has 1 aliphatic heterocycles. The maximum Gasteiger partial charge on any atom is 0.123 e. The highest BCUT2D eigenvalue weighted by Crippen LogP contribution is 2.46. The number of nitrogens with zero attached hydrogens (tertiary/aromatic N) is 1. The van der Waals surface area contributed by atoms with E-state index in [4.69, 9.17) is 0 Å². The first-order valence-corrected chi connectivity index (χ1v) is 10.7. The summed E-state index contributed by atoms with van der Waals surface area (Å²) in [5.41, 5.74) is 4.00. The Balaban J connectivity index is 1.64. The number of hydrogen-bond donors (Lipinski definition) is 2. The number of anilines is 1. The number of phenolic OH excluding ortho intramolecular Hbond substituents is 1. The lowest BCUT2D eigenvalue weighted by Crippen LogP contribution is -2.38. The van der Waals surface area contributed by atoms with Crippen molar-refractivity contribution in [3.05, 3.63) is 59.2 Å². The van der Waals surface area contributed by atoms with Gasteiger partial charge in [-0.2, -0.15) is 0 Å². The summed E-state index contributed by atoms with van der Waals surface area (Å²) in [6, 6.07) is 14.4. The van der Waals surface area contributed by atoms with Gasteiger partial charge in [0.25, 0.3) is 0 Å². The Hall–Kier alpha value is -2.33. The first-order valence-electron chi connectivity index (χ1n) is 10.7. The summed E-state index contributed by atoms with van der Waals surface area (Å²) in [6.07, 6.45) is 4.71. The van der Waals surface area contributed by atoms with Gasteiger partial charge in [-0.1, -0.05) is 18.2 Å². The van der Waals surface area contributed by atoms with Gasteiger partial charge in [-0.25, -0.2) is 0 Å². The maximum absolute atomic E-state index is 11.0. The largest absolute Gasteiger partial charge is 0.508 e. The van der Waals surface area contributed by atoms with E-state index in [2.05, 4.69) is 29.2 Å². The molecule has 1 heterocycles. The van der Waals surface area contributed by atoms with Crippen LogP contribution < -0.4 is 4.90 Å². The predicted octanol–water partition coefficient (Wildman–Crippen LogP) is 4.27. The molecule has 29 heavy (non-hydrogen) atoms. The Labute approximate surface area is 173 Å². The van der Waals surface area contributed by atoms with Gasteiger partial charge < -0.3 is 19.9 Å². The van der Waals surface area contributed by atoms with Crippen molar-refractivity contribution in [3.63, 3.8) is 0 Å². The minimum atomic E-state index is -0.782. The van der Waals surface area contributed by atoms with Crippen molar-refractivity contribution in [1.29, 1.82) is 0 Å². The van der Waals surface area contributed by atoms with E-state index >= 15 is 0 Å². The van der Waals surface area contributed by atoms with Gasteiger partial charge in [0.15, 0.2) is 0 Å². The third-order valence-corrected chi connectivity index (χ3v) is 6.85. The summed E-state index contributed by atoms with van der Waals surface area (Å²) in [5, 5.41) is 20.8. The number of piperidine rings is 1. The molecule has 0 spiro atoms. The summed E-state index contributed by atoms with van der Waals surface area (Å²) in [7, 11) is 0. The molecule has 2 N–H and O–H groups in total. The fourth-order valence-electron chi connectivity index (χ4n) is 5.17. The average molecular weight is 394 g/mol. The molecule has 4 nitrogen and oxygen atoms in total. The van der Waals surface area contributed by atoms with Gasteiger partial charge >= 0.3 is 0 Å². The van der Waals surface area contributed by atoms with E-state index in [-0.39, 0.29) is 17.8 Å². The number of aldehydes is 1. The van der Waals surface area contributed by atoms with E-state index in [9.17, 15) is 15.0 Å². The topological polar surface area (TPSA) is 60.8 Å². The summed E-state index contributed by atoms with van der Waals surface area (Å²) >= 11 is 0. The van der Waals surface area contributed by atoms with Crippen LogP contribution in [0.2, 0.25) is 0 Å². The maximum atomic E-state index is 11.0. The molecule has 154 valence electrons. The Morgan fingerprint density at radius 1 is 1.03 bits per heavy atom. The molecule has 0 radical (unpaired) electrons. The van der Waals surface area contributed by atoms with E-state index in [1.54, 1.807) is 6.07 Å². The molecule has 2 atom stereocenters. The van der Waals surface area contributed by atoms with Crippen LogP contribution in [-0.2, 0) is 11.2 Å². The van der Waals surface area contributed by atoms with Gasteiger partial charge in [-0.15, -0.1) is 0 Å². The SMILES string of the molecule is CC(C)(O)[C@@H]1CCc2cc(O)ccc2[C@@H]1c1ccc(N2CCC(C=O)CC2)cc1. The molecule has 2 aromatic rings. The highest BCUT2D eigenvalue weighted by atomic mass is 16.3. The number of rotatable bonds is 4. The molecule has 2 aromatic carbocycles. The Kier molecular flexibility index (Phi) is 5.39. The lowest BCUT2D eigenvalue weighted by atomic mass is 9.66. The minimum Gasteiger partial charge on any atom is -0.508 e. The number of phenols is 1. The van der Waals surface area contributed by atoms with Gasteiger partial charge in [0.2, 0.25) is 0 Å². The molecule has 1 aliphatic carbocycles. The number of benzene rings is 2. The van der Waals surface area contributed by atoms with Crippen LogP contribution in [0.4, 0.5) is 5.69 Å². The van der Waals surface area contributed by atoms with Crippen LogP contribution in [0, 0.1) is 11.8 Å². The highest BCUT2D eigenvalue weighted by molar-refractivity contribution is 5.56. The molecule has 0 bridgehead atoms. The fraction of sp³-hybridized carbons (Fsp3) is 0.480. The zero-order valence-electron chi connectivity index (χ0n) is 17.3. The lowest BCUT2D eigenvalue weighted by Gasteiger charge is -2.41. The number of carbonyl (C=O) groups excluding carboxylic acids is 1. The quantitative estimate of drug-likeness (QED) is 0.762. The van der Waals surface area contributed by atoms with Crippen molar-refractivity contribution >= 4 is 12.0 Å². The smallest absolute Gasteiger partial charge is 0.123 e. The number of fused-ring (bicyclic) bond motifs is 1. The summed E-state index contributed by atoms with van der Waals surface area (Å²) < 4.78 is 0. The van der Waals surface area contributed by atoms with Crippen molar-refractivity contribution in [2.75, 3.05) is 18.0 Å². The second-order valence-electron chi connectivity index (χ2n) is 9.21. The van der Waals surface area contributed by atoms with Crippen LogP contribution in [0.25, 0.3) is 0 Å². The molecule has 1 fully saturated rings. The molecule has 0 unspecified atom stereocenters. The highest BCUT2D eigenvalue weighted by Gasteiger charge is 2.39. The van der Waals surface area contributed by atoms with Crippen LogP contribution in [0.5, 0.6) is 5.75 Å². The first kappa shape index (κ1) is 20.0. The monoisotopic (exact) mass is 393 g/mol. The molecule has 0 amide bonds. The number of carbonyl (C=O) groups is 1. The number of hydrogen-bond acceptors (Lipinski definition) is 4. The van der Waals surface area contributed by atoms with Crippen molar-refractivity contribution in [2.45, 2.75) is 51.0 Å². The lowest BCUT2D eigenvalue weighted by molar-refractivity contribution is -0.111. The third kappa shape index (κ3) is 4.04. The van der Waals surface area contributed by atoms with Gasteiger partial charge in [0.1, 0.15) is 12.0 Å². The predicted molar refractivity (Wildman–Crippen MR) is 116 cm³/mol. The fourth-order valence-corrected chi connectivity index (χ4v) is 5.17. The third-order valence-electron chi connectivity index (χ3n) is 6.85. The van der Waals surface area contributed by atoms with Gasteiger partial charge in [0, 0.05) is 30.6 Å². The van der Waals surface area contributed by atoms with Crippen LogP contribution in [0.3, 0.4) is 0 Å². The Morgan fingerprint density at radius 3 is 2.34 bits per heavy atom. The minimum absolute atomic E-state index is 0.106. The molecule has 4 heteroatoms. The number of aryl methyl sites for hydroxylation is 1. The van der Waals surface area contributed by atoms with E-state index in [0.29, 0.717) is 5.75 Å². The van der Waals surface area contributed by atoms with Crippen LogP contribution in [0.1, 0.15) is 55.7 Å². The van der Waals surface area contributed by atoms with Crippen LogP contribution in [-0.4, -0.2) is 35.2 Å². The zero-order valence-corrected chi connectivity index (χ0v) is 17.3. The molecule has 4 rings (SSSR count). The zero-order chi connectivity index (χ0) is 20.6. The van der Waals surface area contributed by atoms with Gasteiger partial charge in [0.05, 0.1) is 5.60 Å². The molecular weight excluding hydrogens is 362 g/mol. The molecular formula is C25H31NO3. The van der Waals surface area contributed by atoms with Crippen molar-refractivity contribution in [1.82, 2.24) is 0 Å². The second kappa shape index (κ2) is 7.83. The summed E-state index contributed by atoms with van der Waals surface area (Å²) in [6.45, 7) is 5.64. The summed E-state index contributed by atoms with van der Waals surface area (Å²) in [5.74, 6) is 0.731. The average Bonchev–Trinajstić information content (AvgIpc) is 2.72. The standard InChI is InChI=1S/C25H31NO3/c1-25(2,29)23-10-5-19-15-21(28)8-9-22(19)24(23)18-3-6-20(7-4-18)26-13-11-17(16-27)12-14-26/h3-4,6-9,15-17,23-24,28-29H,5,10-14H2,1-2H3/t23-,24+/m1/s1. The van der Waals surface area contributed by atoms with Crippen LogP contribution >= 0.6 is 0 Å². The van der Waals surface area contributed by atoms with E-state index in [1.807, 2.05) is 26.0 Å². The number of aliphatic hydroxyl groups is 1. The van der Waals surface area contributed by atoms with E-state index in [0.717, 1.165) is 45.1 Å². The van der Waals surface area contributed by atoms with Crippen molar-refractivity contribution < 1.29 is 15.0 Å². The van der Waals surface area contributed by atoms with Crippen molar-refractivity contribution in [3.8, 4) is 5.75 Å². The number of aromatic hydroxyl groups is 1. The molecule has 0 saturated carbocycles. The van der Waals surface area contributed by atoms with Crippen molar-refractivity contribution in [2.24, 2.45) is 11.8 Å². The second-order valence-corrected chi connectivity index (χ2v) is 9.21. The first-order chi connectivity index (χ1) is 13.9. The van der Waals surface area contributed by atoms with E-state index < -0.39 is 5.60 Å². The molecule has 2 aliphatic rings.